The molecular formula is C13H10FNO2. The maximum Gasteiger partial charge on any atom is 0.384 e. The molecule has 0 aliphatic heterocycles. The van der Waals surface area contributed by atoms with Gasteiger partial charge in [-0.2, -0.15) is 5.26 Å². The van der Waals surface area contributed by atoms with Gasteiger partial charge in [0.1, 0.15) is 5.82 Å². The van der Waals surface area contributed by atoms with Crippen LogP contribution < -0.4 is 0 Å². The van der Waals surface area contributed by atoms with E-state index in [-0.39, 0.29) is 13.0 Å². The van der Waals surface area contributed by atoms with E-state index in [4.69, 9.17) is 5.26 Å². The Morgan fingerprint density at radius 1 is 1.53 bits per heavy atom. The minimum Gasteiger partial charge on any atom is -0.456 e. The molecule has 0 radical (unpaired) electrons. The van der Waals surface area contributed by atoms with E-state index in [0.29, 0.717) is 11.1 Å². The van der Waals surface area contributed by atoms with Gasteiger partial charge in [0.15, 0.2) is 0 Å². The standard InChI is InChI=1S/C13H10FNO2/c1-2-17-13(16)6-4-11-9-12(14)5-3-10(11)7-8-15/h3,5,9H,2,7H2,1H3. The number of ether oxygens (including phenoxy) is 1. The van der Waals surface area contributed by atoms with Gasteiger partial charge in [-0.1, -0.05) is 12.0 Å². The van der Waals surface area contributed by atoms with Crippen molar-refractivity contribution in [2.75, 3.05) is 6.61 Å². The largest absolute Gasteiger partial charge is 0.456 e. The van der Waals surface area contributed by atoms with Crippen LogP contribution in [0.15, 0.2) is 18.2 Å². The van der Waals surface area contributed by atoms with Crippen LogP contribution in [-0.4, -0.2) is 12.6 Å². The average molecular weight is 231 g/mol. The van der Waals surface area contributed by atoms with E-state index in [1.807, 2.05) is 6.07 Å². The van der Waals surface area contributed by atoms with Crippen molar-refractivity contribution in [3.05, 3.63) is 35.1 Å². The highest BCUT2D eigenvalue weighted by molar-refractivity contribution is 5.89. The minimum atomic E-state index is -0.667. The first-order chi connectivity index (χ1) is 8.17. The molecule has 0 aliphatic carbocycles. The molecule has 0 aliphatic rings. The lowest BCUT2D eigenvalue weighted by Crippen LogP contribution is -2.00. The lowest BCUT2D eigenvalue weighted by atomic mass is 10.1. The molecule has 0 saturated carbocycles. The molecule has 0 amide bonds. The second kappa shape index (κ2) is 6.30. The van der Waals surface area contributed by atoms with Gasteiger partial charge in [-0.15, -0.1) is 0 Å². The zero-order chi connectivity index (χ0) is 12.7. The Morgan fingerprint density at radius 3 is 2.94 bits per heavy atom. The second-order valence-corrected chi connectivity index (χ2v) is 3.11. The van der Waals surface area contributed by atoms with Crippen molar-refractivity contribution in [3.63, 3.8) is 0 Å². The van der Waals surface area contributed by atoms with Crippen molar-refractivity contribution in [1.29, 1.82) is 5.26 Å². The summed E-state index contributed by atoms with van der Waals surface area (Å²) < 4.78 is 17.6. The van der Waals surface area contributed by atoms with E-state index in [1.54, 1.807) is 6.92 Å². The lowest BCUT2D eigenvalue weighted by molar-refractivity contribution is -0.136. The highest BCUT2D eigenvalue weighted by atomic mass is 19.1. The van der Waals surface area contributed by atoms with E-state index in [1.165, 1.54) is 18.2 Å². The molecule has 17 heavy (non-hydrogen) atoms. The van der Waals surface area contributed by atoms with Gasteiger partial charge in [0, 0.05) is 11.5 Å². The number of hydrogen-bond acceptors (Lipinski definition) is 3. The molecule has 0 unspecified atom stereocenters. The minimum absolute atomic E-state index is 0.118. The summed E-state index contributed by atoms with van der Waals surface area (Å²) >= 11 is 0. The smallest absolute Gasteiger partial charge is 0.384 e. The van der Waals surface area contributed by atoms with Crippen LogP contribution >= 0.6 is 0 Å². The molecule has 0 spiro atoms. The van der Waals surface area contributed by atoms with Crippen molar-refractivity contribution in [2.24, 2.45) is 0 Å². The van der Waals surface area contributed by atoms with Crippen LogP contribution in [0.25, 0.3) is 0 Å². The van der Waals surface area contributed by atoms with Crippen LogP contribution in [0, 0.1) is 29.0 Å². The van der Waals surface area contributed by atoms with E-state index in [0.717, 1.165) is 0 Å². The van der Waals surface area contributed by atoms with Crippen molar-refractivity contribution < 1.29 is 13.9 Å². The van der Waals surface area contributed by atoms with Crippen molar-refractivity contribution >= 4 is 5.97 Å². The third-order valence-corrected chi connectivity index (χ3v) is 1.92. The molecule has 0 aromatic heterocycles. The molecule has 0 fully saturated rings. The van der Waals surface area contributed by atoms with Gasteiger partial charge in [-0.3, -0.25) is 0 Å². The molecular weight excluding hydrogens is 221 g/mol. The normalized spacial score (nSPS) is 8.76. The Kier molecular flexibility index (Phi) is 4.72. The number of hydrogen-bond donors (Lipinski definition) is 0. The van der Waals surface area contributed by atoms with Crippen LogP contribution in [0.2, 0.25) is 0 Å². The van der Waals surface area contributed by atoms with E-state index < -0.39 is 11.8 Å². The summed E-state index contributed by atoms with van der Waals surface area (Å²) in [7, 11) is 0. The summed E-state index contributed by atoms with van der Waals surface area (Å²) in [6.45, 7) is 1.91. The van der Waals surface area contributed by atoms with E-state index >= 15 is 0 Å². The second-order valence-electron chi connectivity index (χ2n) is 3.11. The van der Waals surface area contributed by atoms with Gasteiger partial charge < -0.3 is 4.74 Å². The Bertz CT molecular complexity index is 520. The third kappa shape index (κ3) is 3.96. The fraction of sp³-hybridized carbons (Fsp3) is 0.231. The van der Waals surface area contributed by atoms with E-state index in [9.17, 15) is 9.18 Å². The monoisotopic (exact) mass is 231 g/mol. The van der Waals surface area contributed by atoms with Crippen LogP contribution in [0.1, 0.15) is 18.1 Å². The molecule has 1 aromatic rings. The van der Waals surface area contributed by atoms with Crippen LogP contribution in [0.3, 0.4) is 0 Å². The summed E-state index contributed by atoms with van der Waals surface area (Å²) in [6, 6.07) is 5.88. The zero-order valence-corrected chi connectivity index (χ0v) is 9.29. The maximum absolute atomic E-state index is 13.0. The van der Waals surface area contributed by atoms with Crippen molar-refractivity contribution in [2.45, 2.75) is 13.3 Å². The first kappa shape index (κ1) is 12.7. The third-order valence-electron chi connectivity index (χ3n) is 1.92. The summed E-state index contributed by atoms with van der Waals surface area (Å²) in [5.74, 6) is 3.62. The predicted octanol–water partition coefficient (Wildman–Crippen LogP) is 1.81. The molecule has 0 saturated heterocycles. The Morgan fingerprint density at radius 2 is 2.29 bits per heavy atom. The summed E-state index contributed by atoms with van der Waals surface area (Å²) in [6.07, 6.45) is 0.118. The molecule has 3 nitrogen and oxygen atoms in total. The highest BCUT2D eigenvalue weighted by Crippen LogP contribution is 2.10. The first-order valence-electron chi connectivity index (χ1n) is 5.01. The number of benzene rings is 1. The number of nitrogens with zero attached hydrogens (tertiary/aromatic N) is 1. The van der Waals surface area contributed by atoms with Gasteiger partial charge in [0.2, 0.25) is 0 Å². The summed E-state index contributed by atoms with van der Waals surface area (Å²) in [5.41, 5.74) is 0.922. The SMILES string of the molecule is CCOC(=O)C#Cc1cc(F)ccc1CC#N. The fourth-order valence-corrected chi connectivity index (χ4v) is 1.19. The zero-order valence-electron chi connectivity index (χ0n) is 9.29. The van der Waals surface area contributed by atoms with Crippen LogP contribution in [-0.2, 0) is 16.0 Å². The number of esters is 1. The molecule has 0 atom stereocenters. The van der Waals surface area contributed by atoms with Gasteiger partial charge in [0.05, 0.1) is 19.1 Å². The predicted molar refractivity (Wildman–Crippen MR) is 59.2 cm³/mol. The van der Waals surface area contributed by atoms with Gasteiger partial charge in [-0.25, -0.2) is 9.18 Å². The maximum atomic E-state index is 13.0. The van der Waals surface area contributed by atoms with Gasteiger partial charge >= 0.3 is 5.97 Å². The van der Waals surface area contributed by atoms with Crippen molar-refractivity contribution in [3.8, 4) is 17.9 Å². The number of halogens is 1. The highest BCUT2D eigenvalue weighted by Gasteiger charge is 2.02. The molecule has 0 heterocycles. The Balaban J connectivity index is 3.00. The van der Waals surface area contributed by atoms with Gasteiger partial charge in [0.25, 0.3) is 0 Å². The average Bonchev–Trinajstić information content (AvgIpc) is 2.30. The molecule has 4 heteroatoms. The molecule has 86 valence electrons. The molecule has 0 bridgehead atoms. The van der Waals surface area contributed by atoms with Crippen molar-refractivity contribution in [1.82, 2.24) is 0 Å². The lowest BCUT2D eigenvalue weighted by Gasteiger charge is -1.99. The molecule has 0 N–H and O–H groups in total. The summed E-state index contributed by atoms with van der Waals surface area (Å²) in [5, 5.41) is 8.59. The number of carbonyl (C=O) groups is 1. The van der Waals surface area contributed by atoms with Crippen LogP contribution in [0.4, 0.5) is 4.39 Å². The summed E-state index contributed by atoms with van der Waals surface area (Å²) in [4.78, 5) is 11.0. The molecule has 1 aromatic carbocycles. The Labute approximate surface area is 98.8 Å². The number of nitriles is 1. The topological polar surface area (TPSA) is 50.1 Å². The van der Waals surface area contributed by atoms with Gasteiger partial charge in [-0.05, 0) is 24.6 Å². The van der Waals surface area contributed by atoms with Crippen LogP contribution in [0.5, 0.6) is 0 Å². The Hall–Kier alpha value is -2.33. The van der Waals surface area contributed by atoms with E-state index in [2.05, 4.69) is 16.6 Å². The number of rotatable bonds is 2. The first-order valence-corrected chi connectivity index (χ1v) is 5.01. The fourth-order valence-electron chi connectivity index (χ4n) is 1.19. The number of carbonyl (C=O) groups excluding carboxylic acids is 1. The quantitative estimate of drug-likeness (QED) is 0.576. The molecule has 1 rings (SSSR count).